The van der Waals surface area contributed by atoms with Gasteiger partial charge in [-0.25, -0.2) is 14.0 Å². The SMILES string of the molecule is CC(C)(C)OC(=O)N1CCC(c2ccc(F)cc2C(=O)O)CC1. The summed E-state index contributed by atoms with van der Waals surface area (Å²) in [6.45, 7) is 6.44. The van der Waals surface area contributed by atoms with Crippen LogP contribution >= 0.6 is 0 Å². The molecule has 0 saturated carbocycles. The fraction of sp³-hybridized carbons (Fsp3) is 0.529. The highest BCUT2D eigenvalue weighted by atomic mass is 19.1. The number of ether oxygens (including phenoxy) is 1. The number of halogens is 1. The lowest BCUT2D eigenvalue weighted by Crippen LogP contribution is -2.41. The van der Waals surface area contributed by atoms with Crippen LogP contribution in [-0.4, -0.2) is 40.8 Å². The molecule has 6 heteroatoms. The molecule has 5 nitrogen and oxygen atoms in total. The van der Waals surface area contributed by atoms with Crippen molar-refractivity contribution in [3.8, 4) is 0 Å². The van der Waals surface area contributed by atoms with Crippen LogP contribution in [0, 0.1) is 5.82 Å². The summed E-state index contributed by atoms with van der Waals surface area (Å²) in [6, 6.07) is 3.87. The zero-order valence-corrected chi connectivity index (χ0v) is 13.6. The number of benzene rings is 1. The topological polar surface area (TPSA) is 66.8 Å². The molecule has 1 saturated heterocycles. The first-order valence-corrected chi connectivity index (χ1v) is 7.68. The van der Waals surface area contributed by atoms with E-state index in [1.54, 1.807) is 4.90 Å². The second-order valence-electron chi connectivity index (χ2n) is 6.78. The van der Waals surface area contributed by atoms with Crippen LogP contribution in [0.3, 0.4) is 0 Å². The molecule has 0 unspecified atom stereocenters. The van der Waals surface area contributed by atoms with Gasteiger partial charge in [-0.05, 0) is 57.2 Å². The van der Waals surface area contributed by atoms with Crippen LogP contribution in [0.5, 0.6) is 0 Å². The Morgan fingerprint density at radius 3 is 2.39 bits per heavy atom. The number of carboxylic acid groups (broad SMARTS) is 1. The molecule has 0 aromatic heterocycles. The highest BCUT2D eigenvalue weighted by molar-refractivity contribution is 5.89. The molecule has 1 fully saturated rings. The predicted molar refractivity (Wildman–Crippen MR) is 83.1 cm³/mol. The Morgan fingerprint density at radius 1 is 1.26 bits per heavy atom. The molecule has 1 aromatic carbocycles. The number of amides is 1. The first kappa shape index (κ1) is 17.2. The van der Waals surface area contributed by atoms with Crippen molar-refractivity contribution >= 4 is 12.1 Å². The molecule has 2 rings (SSSR count). The third-order valence-electron chi connectivity index (χ3n) is 3.83. The third-order valence-corrected chi connectivity index (χ3v) is 3.83. The average molecular weight is 323 g/mol. The summed E-state index contributed by atoms with van der Waals surface area (Å²) >= 11 is 0. The number of nitrogens with zero attached hydrogens (tertiary/aromatic N) is 1. The summed E-state index contributed by atoms with van der Waals surface area (Å²) in [6.07, 6.45) is 0.907. The van der Waals surface area contributed by atoms with E-state index in [0.29, 0.717) is 31.5 Å². The molecule has 0 aliphatic carbocycles. The molecular weight excluding hydrogens is 301 g/mol. The molecule has 0 spiro atoms. The maximum Gasteiger partial charge on any atom is 0.410 e. The quantitative estimate of drug-likeness (QED) is 0.902. The van der Waals surface area contributed by atoms with Crippen LogP contribution in [0.2, 0.25) is 0 Å². The number of carboxylic acids is 1. The zero-order chi connectivity index (χ0) is 17.2. The first-order chi connectivity index (χ1) is 10.7. The van der Waals surface area contributed by atoms with Crippen molar-refractivity contribution in [3.63, 3.8) is 0 Å². The molecule has 0 bridgehead atoms. The van der Waals surface area contributed by atoms with Crippen molar-refractivity contribution in [3.05, 3.63) is 35.1 Å². The van der Waals surface area contributed by atoms with Gasteiger partial charge in [0.05, 0.1) is 5.56 Å². The molecule has 1 aliphatic heterocycles. The largest absolute Gasteiger partial charge is 0.478 e. The van der Waals surface area contributed by atoms with E-state index >= 15 is 0 Å². The van der Waals surface area contributed by atoms with Gasteiger partial charge in [0.15, 0.2) is 0 Å². The maximum atomic E-state index is 13.3. The molecule has 1 amide bonds. The van der Waals surface area contributed by atoms with Crippen LogP contribution < -0.4 is 0 Å². The third kappa shape index (κ3) is 4.43. The number of hydrogen-bond acceptors (Lipinski definition) is 3. The number of carbonyl (C=O) groups excluding carboxylic acids is 1. The van der Waals surface area contributed by atoms with E-state index in [1.807, 2.05) is 20.8 Å². The number of aromatic carboxylic acids is 1. The molecule has 1 aromatic rings. The smallest absolute Gasteiger partial charge is 0.410 e. The summed E-state index contributed by atoms with van der Waals surface area (Å²) in [5.74, 6) is -1.69. The molecule has 1 heterocycles. The van der Waals surface area contributed by atoms with Crippen molar-refractivity contribution in [1.29, 1.82) is 0 Å². The fourth-order valence-corrected chi connectivity index (χ4v) is 2.77. The Labute approximate surface area is 135 Å². The monoisotopic (exact) mass is 323 g/mol. The minimum absolute atomic E-state index is 0.000358. The highest BCUT2D eigenvalue weighted by Crippen LogP contribution is 2.31. The molecule has 0 radical (unpaired) electrons. The second-order valence-corrected chi connectivity index (χ2v) is 6.78. The Balaban J connectivity index is 2.05. The molecule has 0 atom stereocenters. The van der Waals surface area contributed by atoms with Gasteiger partial charge in [0.2, 0.25) is 0 Å². The zero-order valence-electron chi connectivity index (χ0n) is 13.6. The molecule has 1 N–H and O–H groups in total. The van der Waals surface area contributed by atoms with Gasteiger partial charge in [0.25, 0.3) is 0 Å². The minimum Gasteiger partial charge on any atom is -0.478 e. The number of rotatable bonds is 2. The number of hydrogen-bond donors (Lipinski definition) is 1. The number of carbonyl (C=O) groups is 2. The van der Waals surface area contributed by atoms with Crippen LogP contribution in [0.4, 0.5) is 9.18 Å². The molecule has 23 heavy (non-hydrogen) atoms. The molecular formula is C17H22FNO4. The maximum absolute atomic E-state index is 13.3. The first-order valence-electron chi connectivity index (χ1n) is 7.68. The van der Waals surface area contributed by atoms with Crippen LogP contribution in [0.25, 0.3) is 0 Å². The number of likely N-dealkylation sites (tertiary alicyclic amines) is 1. The Bertz CT molecular complexity index is 601. The van der Waals surface area contributed by atoms with E-state index in [1.165, 1.54) is 12.1 Å². The van der Waals surface area contributed by atoms with Crippen molar-refractivity contribution in [1.82, 2.24) is 4.90 Å². The minimum atomic E-state index is -1.13. The van der Waals surface area contributed by atoms with E-state index in [2.05, 4.69) is 0 Å². The molecule has 1 aliphatic rings. The van der Waals surface area contributed by atoms with E-state index in [9.17, 15) is 19.1 Å². The van der Waals surface area contributed by atoms with Crippen molar-refractivity contribution in [2.45, 2.75) is 45.1 Å². The summed E-state index contributed by atoms with van der Waals surface area (Å²) in [5, 5.41) is 9.24. The number of piperidine rings is 1. The Hall–Kier alpha value is -2.11. The normalized spacial score (nSPS) is 16.3. The van der Waals surface area contributed by atoms with Crippen molar-refractivity contribution in [2.75, 3.05) is 13.1 Å². The summed E-state index contributed by atoms with van der Waals surface area (Å²) in [5.41, 5.74) is 0.0879. The van der Waals surface area contributed by atoms with Crippen molar-refractivity contribution in [2.24, 2.45) is 0 Å². The van der Waals surface area contributed by atoms with Gasteiger partial charge in [0.1, 0.15) is 11.4 Å². The average Bonchev–Trinajstić information content (AvgIpc) is 2.45. The van der Waals surface area contributed by atoms with Crippen molar-refractivity contribution < 1.29 is 23.8 Å². The van der Waals surface area contributed by atoms with Gasteiger partial charge >= 0.3 is 12.1 Å². The second kappa shape index (κ2) is 6.56. The fourth-order valence-electron chi connectivity index (χ4n) is 2.77. The van der Waals surface area contributed by atoms with Gasteiger partial charge in [0, 0.05) is 13.1 Å². The lowest BCUT2D eigenvalue weighted by molar-refractivity contribution is 0.0204. The summed E-state index contributed by atoms with van der Waals surface area (Å²) < 4.78 is 18.6. The lowest BCUT2D eigenvalue weighted by atomic mass is 9.86. The lowest BCUT2D eigenvalue weighted by Gasteiger charge is -2.34. The van der Waals surface area contributed by atoms with Crippen LogP contribution in [0.1, 0.15) is 55.5 Å². The van der Waals surface area contributed by atoms with Gasteiger partial charge in [-0.15, -0.1) is 0 Å². The summed E-state index contributed by atoms with van der Waals surface area (Å²) in [7, 11) is 0. The van der Waals surface area contributed by atoms with E-state index in [0.717, 1.165) is 6.07 Å². The van der Waals surface area contributed by atoms with Gasteiger partial charge in [-0.3, -0.25) is 0 Å². The van der Waals surface area contributed by atoms with Gasteiger partial charge < -0.3 is 14.7 Å². The highest BCUT2D eigenvalue weighted by Gasteiger charge is 2.29. The predicted octanol–water partition coefficient (Wildman–Crippen LogP) is 3.64. The van der Waals surface area contributed by atoms with E-state index < -0.39 is 17.4 Å². The van der Waals surface area contributed by atoms with E-state index in [4.69, 9.17) is 4.74 Å². The van der Waals surface area contributed by atoms with Crippen LogP contribution in [0.15, 0.2) is 18.2 Å². The standard InChI is InChI=1S/C17H22FNO4/c1-17(2,3)23-16(22)19-8-6-11(7-9-19)13-5-4-12(18)10-14(13)15(20)21/h4-5,10-11H,6-9H2,1-3H3,(H,20,21). The summed E-state index contributed by atoms with van der Waals surface area (Å²) in [4.78, 5) is 25.0. The Kier molecular flexibility index (Phi) is 4.92. The van der Waals surface area contributed by atoms with Gasteiger partial charge in [-0.1, -0.05) is 6.07 Å². The van der Waals surface area contributed by atoms with E-state index in [-0.39, 0.29) is 17.6 Å². The van der Waals surface area contributed by atoms with Gasteiger partial charge in [-0.2, -0.15) is 0 Å². The van der Waals surface area contributed by atoms with Crippen LogP contribution in [-0.2, 0) is 4.74 Å². The molecule has 126 valence electrons. The Morgan fingerprint density at radius 2 is 1.87 bits per heavy atom.